The highest BCUT2D eigenvalue weighted by molar-refractivity contribution is 7.99. The van der Waals surface area contributed by atoms with Crippen molar-refractivity contribution in [2.45, 2.75) is 30.8 Å². The Morgan fingerprint density at radius 3 is 2.44 bits per heavy atom. The lowest BCUT2D eigenvalue weighted by Crippen LogP contribution is -2.41. The summed E-state index contributed by atoms with van der Waals surface area (Å²) in [6.45, 7) is 0.287. The minimum atomic E-state index is -0.248. The molecule has 0 spiro atoms. The Labute approximate surface area is 192 Å². The van der Waals surface area contributed by atoms with Crippen LogP contribution >= 0.6 is 23.1 Å². The van der Waals surface area contributed by atoms with Crippen molar-refractivity contribution in [1.82, 2.24) is 14.9 Å². The lowest BCUT2D eigenvalue weighted by Gasteiger charge is -2.26. The molecule has 1 aliphatic heterocycles. The number of carbonyl (C=O) groups excluding carboxylic acids is 2. The van der Waals surface area contributed by atoms with Gasteiger partial charge in [-0.3, -0.25) is 14.5 Å². The highest BCUT2D eigenvalue weighted by Crippen LogP contribution is 2.38. The molecule has 0 bridgehead atoms. The molecule has 0 atom stereocenters. The van der Waals surface area contributed by atoms with E-state index in [9.17, 15) is 9.59 Å². The molecule has 4 aromatic rings. The Morgan fingerprint density at radius 2 is 1.69 bits per heavy atom. The third-order valence-corrected chi connectivity index (χ3v) is 8.24. The van der Waals surface area contributed by atoms with Crippen molar-refractivity contribution < 1.29 is 9.59 Å². The molecule has 2 aliphatic rings. The van der Waals surface area contributed by atoms with E-state index in [1.807, 2.05) is 24.3 Å². The Morgan fingerprint density at radius 1 is 0.969 bits per heavy atom. The third kappa shape index (κ3) is 3.01. The van der Waals surface area contributed by atoms with Crippen LogP contribution in [-0.4, -0.2) is 39.0 Å². The average Bonchev–Trinajstić information content (AvgIpc) is 3.18. The minimum Gasteiger partial charge on any atom is -0.383 e. The van der Waals surface area contributed by atoms with Crippen LogP contribution in [0.4, 0.5) is 5.82 Å². The first-order valence-corrected chi connectivity index (χ1v) is 12.5. The molecule has 6 rings (SSSR count). The molecule has 2 amide bonds. The summed E-state index contributed by atoms with van der Waals surface area (Å²) in [7, 11) is 0. The molecule has 1 aliphatic carbocycles. The molecule has 32 heavy (non-hydrogen) atoms. The molecule has 0 radical (unpaired) electrons. The van der Waals surface area contributed by atoms with Crippen LogP contribution < -0.4 is 5.73 Å². The van der Waals surface area contributed by atoms with Gasteiger partial charge in [-0.2, -0.15) is 0 Å². The molecule has 3 heterocycles. The van der Waals surface area contributed by atoms with Gasteiger partial charge in [-0.15, -0.1) is 11.3 Å². The summed E-state index contributed by atoms with van der Waals surface area (Å²) in [4.78, 5) is 39.0. The van der Waals surface area contributed by atoms with Gasteiger partial charge in [0.25, 0.3) is 11.8 Å². The summed E-state index contributed by atoms with van der Waals surface area (Å²) in [5.74, 6) is 0.539. The predicted molar refractivity (Wildman–Crippen MR) is 129 cm³/mol. The lowest BCUT2D eigenvalue weighted by atomic mass is 9.94. The molecule has 2 aromatic carbocycles. The molecular formula is C24H20N4O2S2. The molecule has 0 unspecified atom stereocenters. The number of nitrogen functional groups attached to an aromatic ring is 1. The second kappa shape index (κ2) is 7.56. The van der Waals surface area contributed by atoms with Crippen molar-refractivity contribution in [2.75, 3.05) is 18.0 Å². The largest absolute Gasteiger partial charge is 0.383 e. The number of anilines is 1. The monoisotopic (exact) mass is 460 g/mol. The van der Waals surface area contributed by atoms with Crippen LogP contribution in [0.15, 0.2) is 41.6 Å². The molecule has 8 heteroatoms. The van der Waals surface area contributed by atoms with E-state index >= 15 is 0 Å². The van der Waals surface area contributed by atoms with Gasteiger partial charge in [0, 0.05) is 33.7 Å². The van der Waals surface area contributed by atoms with Crippen LogP contribution in [0.2, 0.25) is 0 Å². The Hall–Kier alpha value is -2.97. The van der Waals surface area contributed by atoms with E-state index in [1.165, 1.54) is 39.9 Å². The number of aryl methyl sites for hydroxylation is 2. The third-order valence-electron chi connectivity index (χ3n) is 6.22. The number of fused-ring (bicyclic) bond motifs is 3. The van der Waals surface area contributed by atoms with E-state index in [4.69, 9.17) is 10.7 Å². The quantitative estimate of drug-likeness (QED) is 0.270. The summed E-state index contributed by atoms with van der Waals surface area (Å²) >= 11 is 3.14. The van der Waals surface area contributed by atoms with Gasteiger partial charge < -0.3 is 5.73 Å². The van der Waals surface area contributed by atoms with E-state index < -0.39 is 0 Å². The van der Waals surface area contributed by atoms with Crippen LogP contribution in [0, 0.1) is 0 Å². The van der Waals surface area contributed by atoms with Crippen LogP contribution in [0.3, 0.4) is 0 Å². The Balaban J connectivity index is 1.23. The number of rotatable bonds is 4. The summed E-state index contributed by atoms with van der Waals surface area (Å²) in [6, 6.07) is 11.1. The molecule has 6 nitrogen and oxygen atoms in total. The smallest absolute Gasteiger partial charge is 0.261 e. The van der Waals surface area contributed by atoms with Gasteiger partial charge >= 0.3 is 0 Å². The van der Waals surface area contributed by atoms with Gasteiger partial charge in [0.05, 0.1) is 5.39 Å². The number of amides is 2. The van der Waals surface area contributed by atoms with E-state index in [-0.39, 0.29) is 18.4 Å². The van der Waals surface area contributed by atoms with E-state index in [0.29, 0.717) is 27.9 Å². The fourth-order valence-corrected chi connectivity index (χ4v) is 6.84. The van der Waals surface area contributed by atoms with Crippen molar-refractivity contribution in [3.05, 3.63) is 58.0 Å². The van der Waals surface area contributed by atoms with E-state index in [2.05, 4.69) is 4.98 Å². The van der Waals surface area contributed by atoms with Crippen LogP contribution in [0.1, 0.15) is 44.0 Å². The highest BCUT2D eigenvalue weighted by Gasteiger charge is 2.32. The normalized spacial score (nSPS) is 15.6. The number of aromatic nitrogens is 2. The lowest BCUT2D eigenvalue weighted by molar-refractivity contribution is 0.0621. The van der Waals surface area contributed by atoms with Crippen molar-refractivity contribution >= 4 is 61.7 Å². The summed E-state index contributed by atoms with van der Waals surface area (Å²) in [5, 5.41) is 3.26. The molecule has 0 saturated heterocycles. The number of thiophene rings is 1. The van der Waals surface area contributed by atoms with Gasteiger partial charge in [0.1, 0.15) is 10.6 Å². The zero-order valence-electron chi connectivity index (χ0n) is 17.3. The highest BCUT2D eigenvalue weighted by atomic mass is 32.2. The fourth-order valence-electron chi connectivity index (χ4n) is 4.74. The zero-order chi connectivity index (χ0) is 21.8. The van der Waals surface area contributed by atoms with Crippen molar-refractivity contribution in [2.24, 2.45) is 0 Å². The topological polar surface area (TPSA) is 89.2 Å². The molecular weight excluding hydrogens is 440 g/mol. The first-order valence-electron chi connectivity index (χ1n) is 10.7. The summed E-state index contributed by atoms with van der Waals surface area (Å²) in [5.41, 5.74) is 8.78. The van der Waals surface area contributed by atoms with E-state index in [1.54, 1.807) is 23.5 Å². The molecule has 160 valence electrons. The maximum atomic E-state index is 13.0. The number of benzene rings is 2. The number of hydrogen-bond donors (Lipinski definition) is 1. The Kier molecular flexibility index (Phi) is 4.66. The number of thioether (sulfide) groups is 1. The number of carbonyl (C=O) groups is 2. The van der Waals surface area contributed by atoms with Crippen molar-refractivity contribution in [3.8, 4) is 0 Å². The molecule has 2 aromatic heterocycles. The molecule has 0 saturated carbocycles. The van der Waals surface area contributed by atoms with Crippen molar-refractivity contribution in [1.29, 1.82) is 0 Å². The van der Waals surface area contributed by atoms with Crippen LogP contribution in [0.25, 0.3) is 21.0 Å². The van der Waals surface area contributed by atoms with Crippen molar-refractivity contribution in [3.63, 3.8) is 0 Å². The SMILES string of the molecule is Nc1nc(SCCN2C(=O)c3cccc4cccc(c34)C2=O)nc2sc3c(c12)CCCC3. The average molecular weight is 461 g/mol. The van der Waals surface area contributed by atoms with Gasteiger partial charge in [0.2, 0.25) is 0 Å². The van der Waals surface area contributed by atoms with Gasteiger partial charge in [-0.05, 0) is 48.8 Å². The minimum absolute atomic E-state index is 0.248. The first kappa shape index (κ1) is 19.7. The first-order chi connectivity index (χ1) is 15.6. The zero-order valence-corrected chi connectivity index (χ0v) is 18.9. The van der Waals surface area contributed by atoms with E-state index in [0.717, 1.165) is 33.8 Å². The summed E-state index contributed by atoms with van der Waals surface area (Å²) in [6.07, 6.45) is 4.53. The second-order valence-corrected chi connectivity index (χ2v) is 10.2. The Bertz CT molecular complexity index is 1380. The van der Waals surface area contributed by atoms with Gasteiger partial charge in [-0.25, -0.2) is 9.97 Å². The number of imide groups is 1. The summed E-state index contributed by atoms with van der Waals surface area (Å²) < 4.78 is 0. The number of nitrogens with two attached hydrogens (primary N) is 1. The maximum Gasteiger partial charge on any atom is 0.261 e. The maximum absolute atomic E-state index is 13.0. The fraction of sp³-hybridized carbons (Fsp3) is 0.250. The van der Waals surface area contributed by atoms with Gasteiger partial charge in [-0.1, -0.05) is 36.0 Å². The number of hydrogen-bond acceptors (Lipinski definition) is 7. The standard InChI is InChI=1S/C24H20N4O2S2/c25-20-19-14-7-1-2-10-17(14)32-21(19)27-24(26-20)31-12-11-28-22(29)15-8-3-5-13-6-4-9-16(18(13)15)23(28)30/h3-6,8-9H,1-2,7,10-12H2,(H2,25,26,27). The molecule has 0 fully saturated rings. The van der Waals surface area contributed by atoms with Gasteiger partial charge in [0.15, 0.2) is 5.16 Å². The predicted octanol–water partition coefficient (Wildman–Crippen LogP) is 4.69. The second-order valence-electron chi connectivity index (χ2n) is 8.10. The van der Waals surface area contributed by atoms with Crippen LogP contribution in [0.5, 0.6) is 0 Å². The molecule has 2 N–H and O–H groups in total. The van der Waals surface area contributed by atoms with Crippen LogP contribution in [-0.2, 0) is 12.8 Å². The number of nitrogens with zero attached hydrogens (tertiary/aromatic N) is 3.